The zero-order chi connectivity index (χ0) is 12.4. The van der Waals surface area contributed by atoms with Crippen LogP contribution in [-0.4, -0.2) is 36.5 Å². The molecule has 0 atom stereocenters. The standard InChI is InChI=1S/C14H20N2O/c1-4-16(12-8-15-9-12)14(17)13-7-5-6-10(2)11(13)3/h5-7,12,15H,4,8-9H2,1-3H3. The zero-order valence-electron chi connectivity index (χ0n) is 10.8. The van der Waals surface area contributed by atoms with E-state index in [0.717, 1.165) is 30.8 Å². The summed E-state index contributed by atoms with van der Waals surface area (Å²) in [6.07, 6.45) is 0. The summed E-state index contributed by atoms with van der Waals surface area (Å²) in [7, 11) is 0. The molecule has 17 heavy (non-hydrogen) atoms. The van der Waals surface area contributed by atoms with E-state index in [1.54, 1.807) is 0 Å². The molecule has 3 nitrogen and oxygen atoms in total. The van der Waals surface area contributed by atoms with Gasteiger partial charge in [0, 0.05) is 25.2 Å². The molecule has 3 heteroatoms. The Morgan fingerprint density at radius 2 is 2.12 bits per heavy atom. The SMILES string of the molecule is CCN(C(=O)c1cccc(C)c1C)C1CNC1. The monoisotopic (exact) mass is 232 g/mol. The van der Waals surface area contributed by atoms with Crippen molar-refractivity contribution in [2.24, 2.45) is 0 Å². The Balaban J connectivity index is 2.25. The highest BCUT2D eigenvalue weighted by Crippen LogP contribution is 2.17. The van der Waals surface area contributed by atoms with Gasteiger partial charge in [-0.05, 0) is 38.0 Å². The molecule has 0 bridgehead atoms. The van der Waals surface area contributed by atoms with Crippen LogP contribution < -0.4 is 5.32 Å². The van der Waals surface area contributed by atoms with Gasteiger partial charge < -0.3 is 10.2 Å². The normalized spacial score (nSPS) is 15.5. The van der Waals surface area contributed by atoms with Crippen molar-refractivity contribution in [1.29, 1.82) is 0 Å². The maximum Gasteiger partial charge on any atom is 0.254 e. The average molecular weight is 232 g/mol. The number of nitrogens with one attached hydrogen (secondary N) is 1. The average Bonchev–Trinajstić information content (AvgIpc) is 2.26. The minimum absolute atomic E-state index is 0.167. The minimum Gasteiger partial charge on any atom is -0.333 e. The third kappa shape index (κ3) is 2.20. The van der Waals surface area contributed by atoms with Crippen molar-refractivity contribution in [2.45, 2.75) is 26.8 Å². The predicted molar refractivity (Wildman–Crippen MR) is 69.3 cm³/mol. The lowest BCUT2D eigenvalue weighted by Gasteiger charge is -2.38. The van der Waals surface area contributed by atoms with Crippen molar-refractivity contribution in [2.75, 3.05) is 19.6 Å². The highest BCUT2D eigenvalue weighted by Gasteiger charge is 2.28. The van der Waals surface area contributed by atoms with Gasteiger partial charge in [-0.1, -0.05) is 12.1 Å². The first-order chi connectivity index (χ1) is 8.15. The largest absolute Gasteiger partial charge is 0.333 e. The number of carbonyl (C=O) groups excluding carboxylic acids is 1. The second-order valence-corrected chi connectivity index (χ2v) is 4.65. The van der Waals surface area contributed by atoms with Crippen LogP contribution in [0.2, 0.25) is 0 Å². The molecule has 0 aromatic heterocycles. The van der Waals surface area contributed by atoms with Gasteiger partial charge in [-0.25, -0.2) is 0 Å². The van der Waals surface area contributed by atoms with Gasteiger partial charge in [0.1, 0.15) is 0 Å². The third-order valence-corrected chi connectivity index (χ3v) is 3.64. The number of amides is 1. The Morgan fingerprint density at radius 1 is 1.41 bits per heavy atom. The summed E-state index contributed by atoms with van der Waals surface area (Å²) >= 11 is 0. The van der Waals surface area contributed by atoms with Gasteiger partial charge in [0.05, 0.1) is 6.04 Å². The van der Waals surface area contributed by atoms with E-state index < -0.39 is 0 Å². The van der Waals surface area contributed by atoms with E-state index in [4.69, 9.17) is 0 Å². The number of rotatable bonds is 3. The van der Waals surface area contributed by atoms with Crippen molar-refractivity contribution in [1.82, 2.24) is 10.2 Å². The van der Waals surface area contributed by atoms with Gasteiger partial charge in [0.15, 0.2) is 0 Å². The Hall–Kier alpha value is -1.35. The summed E-state index contributed by atoms with van der Waals surface area (Å²) in [6, 6.07) is 6.31. The van der Waals surface area contributed by atoms with E-state index >= 15 is 0 Å². The molecule has 1 fully saturated rings. The molecule has 0 aliphatic carbocycles. The molecule has 0 radical (unpaired) electrons. The molecule has 1 N–H and O–H groups in total. The number of hydrogen-bond acceptors (Lipinski definition) is 2. The Labute approximate surface area is 103 Å². The second-order valence-electron chi connectivity index (χ2n) is 4.65. The lowest BCUT2D eigenvalue weighted by atomic mass is 10.0. The van der Waals surface area contributed by atoms with E-state index in [-0.39, 0.29) is 5.91 Å². The molecule has 0 saturated carbocycles. The molecule has 1 aliphatic heterocycles. The molecule has 1 aromatic rings. The first-order valence-corrected chi connectivity index (χ1v) is 6.23. The number of carbonyl (C=O) groups is 1. The van der Waals surface area contributed by atoms with Crippen LogP contribution in [0.3, 0.4) is 0 Å². The van der Waals surface area contributed by atoms with Gasteiger partial charge in [0.2, 0.25) is 0 Å². The van der Waals surface area contributed by atoms with Crippen molar-refractivity contribution in [3.63, 3.8) is 0 Å². The summed E-state index contributed by atoms with van der Waals surface area (Å²) < 4.78 is 0. The summed E-state index contributed by atoms with van der Waals surface area (Å²) in [5.74, 6) is 0.167. The van der Waals surface area contributed by atoms with Crippen LogP contribution in [-0.2, 0) is 0 Å². The fourth-order valence-electron chi connectivity index (χ4n) is 2.20. The lowest BCUT2D eigenvalue weighted by Crippen LogP contribution is -2.58. The Bertz CT molecular complexity index is 424. The minimum atomic E-state index is 0.167. The van der Waals surface area contributed by atoms with Crippen LogP contribution in [0.25, 0.3) is 0 Å². The summed E-state index contributed by atoms with van der Waals surface area (Å²) in [5.41, 5.74) is 3.13. The van der Waals surface area contributed by atoms with Crippen molar-refractivity contribution in [3.05, 3.63) is 34.9 Å². The topological polar surface area (TPSA) is 32.3 Å². The maximum atomic E-state index is 12.5. The quantitative estimate of drug-likeness (QED) is 0.861. The molecule has 1 aliphatic rings. The second kappa shape index (κ2) is 4.88. The first kappa shape index (κ1) is 12.1. The fourth-order valence-corrected chi connectivity index (χ4v) is 2.20. The van der Waals surface area contributed by atoms with E-state index in [2.05, 4.69) is 5.32 Å². The van der Waals surface area contributed by atoms with Crippen LogP contribution in [0.5, 0.6) is 0 Å². The number of benzene rings is 1. The van der Waals surface area contributed by atoms with Crippen LogP contribution in [0.1, 0.15) is 28.4 Å². The lowest BCUT2D eigenvalue weighted by molar-refractivity contribution is 0.0629. The Morgan fingerprint density at radius 3 is 2.65 bits per heavy atom. The van der Waals surface area contributed by atoms with Crippen LogP contribution in [0.15, 0.2) is 18.2 Å². The van der Waals surface area contributed by atoms with Crippen LogP contribution in [0.4, 0.5) is 0 Å². The van der Waals surface area contributed by atoms with E-state index in [1.165, 1.54) is 5.56 Å². The number of hydrogen-bond donors (Lipinski definition) is 1. The molecule has 1 amide bonds. The first-order valence-electron chi connectivity index (χ1n) is 6.23. The highest BCUT2D eigenvalue weighted by atomic mass is 16.2. The Kier molecular flexibility index (Phi) is 3.48. The van der Waals surface area contributed by atoms with Gasteiger partial charge in [-0.15, -0.1) is 0 Å². The molecule has 1 saturated heterocycles. The molecular weight excluding hydrogens is 212 g/mol. The summed E-state index contributed by atoms with van der Waals surface area (Å²) in [6.45, 7) is 8.73. The summed E-state index contributed by atoms with van der Waals surface area (Å²) in [5, 5.41) is 3.21. The van der Waals surface area contributed by atoms with E-state index in [1.807, 2.05) is 43.9 Å². The number of likely N-dealkylation sites (N-methyl/N-ethyl adjacent to an activating group) is 1. The summed E-state index contributed by atoms with van der Waals surface area (Å²) in [4.78, 5) is 14.5. The van der Waals surface area contributed by atoms with Crippen molar-refractivity contribution >= 4 is 5.91 Å². The third-order valence-electron chi connectivity index (χ3n) is 3.64. The highest BCUT2D eigenvalue weighted by molar-refractivity contribution is 5.96. The number of nitrogens with zero attached hydrogens (tertiary/aromatic N) is 1. The molecule has 1 heterocycles. The molecule has 2 rings (SSSR count). The molecule has 92 valence electrons. The fraction of sp³-hybridized carbons (Fsp3) is 0.500. The molecule has 1 aromatic carbocycles. The molecule has 0 unspecified atom stereocenters. The van der Waals surface area contributed by atoms with Crippen LogP contribution >= 0.6 is 0 Å². The number of aryl methyl sites for hydroxylation is 1. The van der Waals surface area contributed by atoms with E-state index in [0.29, 0.717) is 6.04 Å². The van der Waals surface area contributed by atoms with Gasteiger partial charge in [-0.3, -0.25) is 4.79 Å². The van der Waals surface area contributed by atoms with Crippen molar-refractivity contribution in [3.8, 4) is 0 Å². The maximum absolute atomic E-state index is 12.5. The predicted octanol–water partition coefficient (Wildman–Crippen LogP) is 1.74. The molecular formula is C14H20N2O. The van der Waals surface area contributed by atoms with Gasteiger partial charge in [0.25, 0.3) is 5.91 Å². The molecule has 0 spiro atoms. The van der Waals surface area contributed by atoms with Gasteiger partial charge in [-0.2, -0.15) is 0 Å². The van der Waals surface area contributed by atoms with Crippen molar-refractivity contribution < 1.29 is 4.79 Å². The van der Waals surface area contributed by atoms with E-state index in [9.17, 15) is 4.79 Å². The zero-order valence-corrected chi connectivity index (χ0v) is 10.8. The van der Waals surface area contributed by atoms with Gasteiger partial charge >= 0.3 is 0 Å². The smallest absolute Gasteiger partial charge is 0.254 e. The van der Waals surface area contributed by atoms with Crippen LogP contribution in [0, 0.1) is 13.8 Å².